The fourth-order valence-corrected chi connectivity index (χ4v) is 4.60. The maximum atomic E-state index is 6.57. The highest BCUT2D eigenvalue weighted by Gasteiger charge is 2.39. The number of hydrogen-bond donors (Lipinski definition) is 1. The zero-order chi connectivity index (χ0) is 18.9. The topological polar surface area (TPSA) is 56.3 Å². The molecule has 1 aliphatic carbocycles. The third-order valence-electron chi connectivity index (χ3n) is 6.00. The van der Waals surface area contributed by atoms with Gasteiger partial charge in [-0.2, -0.15) is 0 Å². The van der Waals surface area contributed by atoms with Crippen LogP contribution < -0.4 is 10.5 Å². The molecular formula is C23H26N4O. The smallest absolute Gasteiger partial charge is 0.140 e. The minimum absolute atomic E-state index is 0.0422. The van der Waals surface area contributed by atoms with E-state index in [9.17, 15) is 0 Å². The second kappa shape index (κ2) is 7.41. The zero-order valence-corrected chi connectivity index (χ0v) is 15.9. The van der Waals surface area contributed by atoms with Crippen molar-refractivity contribution in [3.05, 3.63) is 78.4 Å². The van der Waals surface area contributed by atoms with E-state index in [0.717, 1.165) is 37.4 Å². The molecule has 2 unspecified atom stereocenters. The van der Waals surface area contributed by atoms with E-state index in [1.807, 2.05) is 10.8 Å². The van der Waals surface area contributed by atoms with E-state index in [4.69, 9.17) is 10.5 Å². The normalized spacial score (nSPS) is 24.8. The largest absolute Gasteiger partial charge is 0.484 e. The monoisotopic (exact) mass is 374 g/mol. The second-order valence-corrected chi connectivity index (χ2v) is 7.87. The Labute approximate surface area is 165 Å². The summed E-state index contributed by atoms with van der Waals surface area (Å²) in [5.41, 5.74) is 10.1. The SMILES string of the molecule is N[C@H]1CCCN(C2Cc3ccccc3C2Oc2ccc(-n3ccnc3)cc2)C1. The van der Waals surface area contributed by atoms with Crippen molar-refractivity contribution in [2.45, 2.75) is 37.5 Å². The van der Waals surface area contributed by atoms with E-state index in [2.05, 4.69) is 58.4 Å². The molecular weight excluding hydrogens is 348 g/mol. The second-order valence-electron chi connectivity index (χ2n) is 7.87. The standard InChI is InChI=1S/C23H26N4O/c24-18-5-3-12-26(15-18)22-14-17-4-1-2-6-21(17)23(22)28-20-9-7-19(8-10-20)27-13-11-25-16-27/h1-2,4,6-11,13,16,18,22-23H,3,5,12,14-15,24H2/t18-,22?,23?/m0/s1. The molecule has 5 heteroatoms. The lowest BCUT2D eigenvalue weighted by atomic mass is 10.0. The molecule has 2 heterocycles. The van der Waals surface area contributed by atoms with Crippen molar-refractivity contribution in [3.63, 3.8) is 0 Å². The lowest BCUT2D eigenvalue weighted by Crippen LogP contribution is -2.49. The molecule has 1 saturated heterocycles. The molecule has 5 nitrogen and oxygen atoms in total. The van der Waals surface area contributed by atoms with Crippen LogP contribution in [0.2, 0.25) is 0 Å². The van der Waals surface area contributed by atoms with E-state index in [-0.39, 0.29) is 12.1 Å². The molecule has 1 aromatic heterocycles. The summed E-state index contributed by atoms with van der Waals surface area (Å²) in [4.78, 5) is 6.65. The minimum Gasteiger partial charge on any atom is -0.484 e. The first-order valence-corrected chi connectivity index (χ1v) is 10.1. The first-order chi connectivity index (χ1) is 13.8. The van der Waals surface area contributed by atoms with Crippen LogP contribution in [0.1, 0.15) is 30.1 Å². The summed E-state index contributed by atoms with van der Waals surface area (Å²) in [6.45, 7) is 2.06. The molecule has 0 amide bonds. The van der Waals surface area contributed by atoms with Crippen LogP contribution >= 0.6 is 0 Å². The number of hydrogen-bond acceptors (Lipinski definition) is 4. The first kappa shape index (κ1) is 17.5. The Morgan fingerprint density at radius 3 is 2.71 bits per heavy atom. The maximum absolute atomic E-state index is 6.57. The fraction of sp³-hybridized carbons (Fsp3) is 0.348. The highest BCUT2D eigenvalue weighted by atomic mass is 16.5. The van der Waals surface area contributed by atoms with Crippen molar-refractivity contribution in [1.29, 1.82) is 0 Å². The summed E-state index contributed by atoms with van der Waals surface area (Å²) in [7, 11) is 0. The number of imidazole rings is 1. The summed E-state index contributed by atoms with van der Waals surface area (Å²) >= 11 is 0. The molecule has 144 valence electrons. The van der Waals surface area contributed by atoms with Gasteiger partial charge < -0.3 is 15.0 Å². The predicted octanol–water partition coefficient (Wildman–Crippen LogP) is 3.34. The molecule has 2 aliphatic rings. The van der Waals surface area contributed by atoms with Crippen LogP contribution in [0.4, 0.5) is 0 Å². The summed E-state index contributed by atoms with van der Waals surface area (Å²) < 4.78 is 8.56. The van der Waals surface area contributed by atoms with Gasteiger partial charge >= 0.3 is 0 Å². The van der Waals surface area contributed by atoms with Crippen molar-refractivity contribution in [1.82, 2.24) is 14.5 Å². The number of nitrogens with zero attached hydrogens (tertiary/aromatic N) is 3. The number of likely N-dealkylation sites (tertiary alicyclic amines) is 1. The van der Waals surface area contributed by atoms with Crippen LogP contribution in [0.15, 0.2) is 67.3 Å². The van der Waals surface area contributed by atoms with Gasteiger partial charge in [-0.05, 0) is 61.2 Å². The average molecular weight is 374 g/mol. The van der Waals surface area contributed by atoms with Crippen LogP contribution in [0.5, 0.6) is 5.75 Å². The third-order valence-corrected chi connectivity index (χ3v) is 6.00. The summed E-state index contributed by atoms with van der Waals surface area (Å²) in [6, 6.07) is 17.5. The van der Waals surface area contributed by atoms with E-state index in [1.165, 1.54) is 17.5 Å². The van der Waals surface area contributed by atoms with E-state index in [1.54, 1.807) is 12.5 Å². The molecule has 0 saturated carbocycles. The van der Waals surface area contributed by atoms with E-state index >= 15 is 0 Å². The average Bonchev–Trinajstić information content (AvgIpc) is 3.38. The Morgan fingerprint density at radius 1 is 1.07 bits per heavy atom. The number of benzene rings is 2. The van der Waals surface area contributed by atoms with Gasteiger partial charge in [0, 0.05) is 30.7 Å². The van der Waals surface area contributed by atoms with Gasteiger partial charge in [0.1, 0.15) is 11.9 Å². The predicted molar refractivity (Wildman–Crippen MR) is 110 cm³/mol. The highest BCUT2D eigenvalue weighted by molar-refractivity contribution is 5.40. The molecule has 0 radical (unpaired) electrons. The third kappa shape index (κ3) is 3.32. The van der Waals surface area contributed by atoms with Crippen molar-refractivity contribution in [2.24, 2.45) is 5.73 Å². The number of fused-ring (bicyclic) bond motifs is 1. The number of nitrogens with two attached hydrogens (primary N) is 1. The number of piperidine rings is 1. The quantitative estimate of drug-likeness (QED) is 0.761. The molecule has 1 aliphatic heterocycles. The number of ether oxygens (including phenoxy) is 1. The van der Waals surface area contributed by atoms with Crippen LogP contribution in [-0.4, -0.2) is 39.6 Å². The Bertz CT molecular complexity index is 922. The molecule has 2 aromatic carbocycles. The molecule has 0 bridgehead atoms. The van der Waals surface area contributed by atoms with E-state index < -0.39 is 0 Å². The number of rotatable bonds is 4. The summed E-state index contributed by atoms with van der Waals surface area (Å²) in [5.74, 6) is 0.900. The van der Waals surface area contributed by atoms with Gasteiger partial charge in [0.25, 0.3) is 0 Å². The minimum atomic E-state index is 0.0422. The molecule has 2 N–H and O–H groups in total. The molecule has 5 rings (SSSR count). The summed E-state index contributed by atoms with van der Waals surface area (Å²) in [5, 5.41) is 0. The first-order valence-electron chi connectivity index (χ1n) is 10.1. The molecule has 28 heavy (non-hydrogen) atoms. The fourth-order valence-electron chi connectivity index (χ4n) is 4.60. The molecule has 3 aromatic rings. The molecule has 0 spiro atoms. The Balaban J connectivity index is 1.40. The van der Waals surface area contributed by atoms with Gasteiger partial charge in [-0.3, -0.25) is 4.90 Å². The van der Waals surface area contributed by atoms with Crippen LogP contribution in [0.25, 0.3) is 5.69 Å². The van der Waals surface area contributed by atoms with Gasteiger partial charge in [-0.15, -0.1) is 0 Å². The zero-order valence-electron chi connectivity index (χ0n) is 15.9. The van der Waals surface area contributed by atoms with Crippen LogP contribution in [-0.2, 0) is 6.42 Å². The van der Waals surface area contributed by atoms with Gasteiger partial charge in [-0.1, -0.05) is 24.3 Å². The van der Waals surface area contributed by atoms with E-state index in [0.29, 0.717) is 6.04 Å². The van der Waals surface area contributed by atoms with Gasteiger partial charge in [0.2, 0.25) is 0 Å². The lowest BCUT2D eigenvalue weighted by Gasteiger charge is -2.38. The van der Waals surface area contributed by atoms with Crippen molar-refractivity contribution in [2.75, 3.05) is 13.1 Å². The lowest BCUT2D eigenvalue weighted by molar-refractivity contribution is 0.0593. The number of aromatic nitrogens is 2. The summed E-state index contributed by atoms with van der Waals surface area (Å²) in [6.07, 6.45) is 8.89. The molecule has 1 fully saturated rings. The van der Waals surface area contributed by atoms with Crippen molar-refractivity contribution < 1.29 is 4.74 Å². The van der Waals surface area contributed by atoms with Gasteiger partial charge in [0.15, 0.2) is 0 Å². The maximum Gasteiger partial charge on any atom is 0.140 e. The van der Waals surface area contributed by atoms with Crippen molar-refractivity contribution in [3.8, 4) is 11.4 Å². The van der Waals surface area contributed by atoms with Crippen LogP contribution in [0, 0.1) is 0 Å². The van der Waals surface area contributed by atoms with Gasteiger partial charge in [0.05, 0.1) is 12.4 Å². The van der Waals surface area contributed by atoms with Crippen molar-refractivity contribution >= 4 is 0 Å². The van der Waals surface area contributed by atoms with Crippen LogP contribution in [0.3, 0.4) is 0 Å². The molecule has 3 atom stereocenters. The van der Waals surface area contributed by atoms with Gasteiger partial charge in [-0.25, -0.2) is 4.98 Å². The Kier molecular flexibility index (Phi) is 4.63. The Hall–Kier alpha value is -2.63. The Morgan fingerprint density at radius 2 is 1.93 bits per heavy atom. The highest BCUT2D eigenvalue weighted by Crippen LogP contribution is 2.38.